The summed E-state index contributed by atoms with van der Waals surface area (Å²) >= 11 is 0. The Kier molecular flexibility index (Phi) is 8.02. The predicted octanol–water partition coefficient (Wildman–Crippen LogP) is 6.29. The third-order valence-corrected chi connectivity index (χ3v) is 6.75. The number of hydrogen-bond donors (Lipinski definition) is 1. The van der Waals surface area contributed by atoms with Crippen LogP contribution < -0.4 is 4.89 Å². The summed E-state index contributed by atoms with van der Waals surface area (Å²) in [5.41, 5.74) is 8.16. The predicted molar refractivity (Wildman–Crippen MR) is 132 cm³/mol. The molecule has 0 radical (unpaired) electrons. The van der Waals surface area contributed by atoms with E-state index in [1.54, 1.807) is 12.1 Å². The van der Waals surface area contributed by atoms with E-state index in [-0.39, 0.29) is 4.90 Å². The van der Waals surface area contributed by atoms with Crippen molar-refractivity contribution in [3.63, 3.8) is 0 Å². The van der Waals surface area contributed by atoms with Gasteiger partial charge in [-0.25, -0.2) is 8.42 Å². The van der Waals surface area contributed by atoms with Crippen LogP contribution in [0.1, 0.15) is 54.0 Å². The molecule has 4 nitrogen and oxygen atoms in total. The lowest BCUT2D eigenvalue weighted by Gasteiger charge is -2.18. The second kappa shape index (κ2) is 10.7. The fraction of sp³-hybridized carbons (Fsp3) is 0.259. The van der Waals surface area contributed by atoms with E-state index in [4.69, 9.17) is 0 Å². The summed E-state index contributed by atoms with van der Waals surface area (Å²) in [4.78, 5) is 6.86. The van der Waals surface area contributed by atoms with Gasteiger partial charge in [0.05, 0.1) is 12.0 Å². The van der Waals surface area contributed by atoms with Crippen LogP contribution in [0.5, 0.6) is 0 Å². The van der Waals surface area contributed by atoms with E-state index in [1.165, 1.54) is 29.4 Å². The minimum Gasteiger partial charge on any atom is -0.290 e. The Bertz CT molecular complexity index is 1110. The van der Waals surface area contributed by atoms with Crippen LogP contribution in [0.2, 0.25) is 0 Å². The van der Waals surface area contributed by atoms with Crippen LogP contribution in [-0.4, -0.2) is 15.5 Å². The Hall–Kier alpha value is -2.73. The molecule has 0 amide bonds. The molecule has 0 bridgehead atoms. The highest BCUT2D eigenvalue weighted by molar-refractivity contribution is 7.89. The van der Waals surface area contributed by atoms with E-state index in [0.717, 1.165) is 36.0 Å². The second-order valence-corrected chi connectivity index (χ2v) is 9.65. The van der Waals surface area contributed by atoms with Gasteiger partial charge in [0, 0.05) is 0 Å². The van der Waals surface area contributed by atoms with Gasteiger partial charge in [-0.15, -0.1) is 0 Å². The van der Waals surface area contributed by atoms with Crippen molar-refractivity contribution < 1.29 is 13.3 Å². The minimum absolute atomic E-state index is 0.171. The van der Waals surface area contributed by atoms with Crippen LogP contribution in [0, 0.1) is 13.8 Å². The number of allylic oxidation sites excluding steroid dienone is 1. The van der Waals surface area contributed by atoms with Gasteiger partial charge in [0.2, 0.25) is 0 Å². The summed E-state index contributed by atoms with van der Waals surface area (Å²) in [5.74, 6) is 0. The maximum absolute atomic E-state index is 12.3. The number of nitrogens with one attached hydrogen (secondary N) is 1. The molecule has 0 spiro atoms. The van der Waals surface area contributed by atoms with Gasteiger partial charge in [-0.1, -0.05) is 90.0 Å². The Labute approximate surface area is 192 Å². The first-order valence-electron chi connectivity index (χ1n) is 10.9. The van der Waals surface area contributed by atoms with Crippen molar-refractivity contribution in [1.82, 2.24) is 4.89 Å². The quantitative estimate of drug-likeness (QED) is 0.308. The topological polar surface area (TPSA) is 55.4 Å². The first-order chi connectivity index (χ1) is 15.4. The molecule has 0 aliphatic heterocycles. The first kappa shape index (κ1) is 23.9. The zero-order valence-electron chi connectivity index (χ0n) is 19.2. The molecule has 0 fully saturated rings. The summed E-state index contributed by atoms with van der Waals surface area (Å²) in [5, 5.41) is 0. The second-order valence-electron chi connectivity index (χ2n) is 8.00. The highest BCUT2D eigenvalue weighted by Gasteiger charge is 2.17. The zero-order valence-corrected chi connectivity index (χ0v) is 20.0. The maximum Gasteiger partial charge on any atom is 0.262 e. The summed E-state index contributed by atoms with van der Waals surface area (Å²) in [6.45, 7) is 6.36. The lowest BCUT2D eigenvalue weighted by molar-refractivity contribution is 0.153. The van der Waals surface area contributed by atoms with Gasteiger partial charge in [0.1, 0.15) is 0 Å². The van der Waals surface area contributed by atoms with Gasteiger partial charge in [-0.2, -0.15) is 0 Å². The SMILES string of the molecule is CCCCC(=C(c1ccc(C)cc1)c1ccc(C)cc1)c1ccc(S(=O)(=O)NOC)cc1. The van der Waals surface area contributed by atoms with E-state index in [9.17, 15) is 8.42 Å². The normalized spacial score (nSPS) is 11.4. The molecule has 0 aliphatic rings. The molecular weight excluding hydrogens is 418 g/mol. The molecule has 0 atom stereocenters. The lowest BCUT2D eigenvalue weighted by atomic mass is 9.86. The van der Waals surface area contributed by atoms with Gasteiger partial charge >= 0.3 is 0 Å². The van der Waals surface area contributed by atoms with Crippen LogP contribution in [0.15, 0.2) is 77.7 Å². The summed E-state index contributed by atoms with van der Waals surface area (Å²) in [7, 11) is -2.41. The Balaban J connectivity index is 2.21. The lowest BCUT2D eigenvalue weighted by Crippen LogP contribution is -2.22. The van der Waals surface area contributed by atoms with Gasteiger partial charge < -0.3 is 0 Å². The molecule has 168 valence electrons. The molecule has 0 saturated carbocycles. The van der Waals surface area contributed by atoms with Crippen molar-refractivity contribution >= 4 is 21.2 Å². The van der Waals surface area contributed by atoms with Crippen molar-refractivity contribution in [2.24, 2.45) is 0 Å². The molecule has 3 rings (SSSR count). The number of rotatable bonds is 9. The molecule has 3 aromatic rings. The van der Waals surface area contributed by atoms with Gasteiger partial charge in [0.15, 0.2) is 0 Å². The standard InChI is InChI=1S/C27H31NO3S/c1-5-6-7-26(22-16-18-25(19-17-22)32(29,30)28-31-4)27(23-12-8-20(2)9-13-23)24-14-10-21(3)11-15-24/h8-19,28H,5-7H2,1-4H3. The van der Waals surface area contributed by atoms with Gasteiger partial charge in [-0.3, -0.25) is 4.84 Å². The fourth-order valence-electron chi connectivity index (χ4n) is 3.72. The maximum atomic E-state index is 12.3. The van der Waals surface area contributed by atoms with Crippen molar-refractivity contribution in [2.45, 2.75) is 44.9 Å². The molecule has 3 aromatic carbocycles. The average Bonchev–Trinajstić information content (AvgIpc) is 2.78. The Morgan fingerprint density at radius 1 is 0.781 bits per heavy atom. The first-order valence-corrected chi connectivity index (χ1v) is 12.4. The van der Waals surface area contributed by atoms with Crippen LogP contribution >= 0.6 is 0 Å². The zero-order chi connectivity index (χ0) is 23.1. The van der Waals surface area contributed by atoms with E-state index in [2.05, 4.69) is 79.0 Å². The summed E-state index contributed by atoms with van der Waals surface area (Å²) < 4.78 is 24.6. The highest BCUT2D eigenvalue weighted by atomic mass is 32.2. The minimum atomic E-state index is -3.69. The van der Waals surface area contributed by atoms with E-state index < -0.39 is 10.0 Å². The number of unbranched alkanes of at least 4 members (excludes halogenated alkanes) is 1. The number of hydrogen-bond acceptors (Lipinski definition) is 3. The molecule has 32 heavy (non-hydrogen) atoms. The third kappa shape index (κ3) is 5.74. The monoisotopic (exact) mass is 449 g/mol. The van der Waals surface area contributed by atoms with Crippen molar-refractivity contribution in [2.75, 3.05) is 7.11 Å². The largest absolute Gasteiger partial charge is 0.290 e. The molecule has 1 N–H and O–H groups in total. The number of sulfonamides is 1. The van der Waals surface area contributed by atoms with Crippen LogP contribution in [0.25, 0.3) is 11.1 Å². The molecule has 0 aromatic heterocycles. The highest BCUT2D eigenvalue weighted by Crippen LogP contribution is 2.36. The Morgan fingerprint density at radius 3 is 1.69 bits per heavy atom. The van der Waals surface area contributed by atoms with Crippen molar-refractivity contribution in [1.29, 1.82) is 0 Å². The summed E-state index contributed by atoms with van der Waals surface area (Å²) in [6.07, 6.45) is 3.01. The molecule has 0 saturated heterocycles. The smallest absolute Gasteiger partial charge is 0.262 e. The van der Waals surface area contributed by atoms with Crippen LogP contribution in [0.3, 0.4) is 0 Å². The van der Waals surface area contributed by atoms with E-state index >= 15 is 0 Å². The van der Waals surface area contributed by atoms with Crippen molar-refractivity contribution in [3.05, 3.63) is 101 Å². The van der Waals surface area contributed by atoms with Gasteiger partial charge in [-0.05, 0) is 66.7 Å². The molecule has 0 aliphatic carbocycles. The number of benzene rings is 3. The average molecular weight is 450 g/mol. The van der Waals surface area contributed by atoms with Gasteiger partial charge in [0.25, 0.3) is 10.0 Å². The van der Waals surface area contributed by atoms with E-state index in [1.807, 2.05) is 12.1 Å². The molecule has 0 heterocycles. The fourth-order valence-corrected chi connectivity index (χ4v) is 4.53. The molecule has 5 heteroatoms. The van der Waals surface area contributed by atoms with Crippen molar-refractivity contribution in [3.8, 4) is 0 Å². The Morgan fingerprint density at radius 2 is 1.25 bits per heavy atom. The van der Waals surface area contributed by atoms with E-state index in [0.29, 0.717) is 0 Å². The van der Waals surface area contributed by atoms with Crippen LogP contribution in [0.4, 0.5) is 0 Å². The molecular formula is C27H31NO3S. The third-order valence-electron chi connectivity index (χ3n) is 5.47. The molecule has 0 unspecified atom stereocenters. The summed E-state index contributed by atoms with van der Waals surface area (Å²) in [6, 6.07) is 24.2. The number of aryl methyl sites for hydroxylation is 2. The van der Waals surface area contributed by atoms with Crippen LogP contribution in [-0.2, 0) is 14.9 Å².